The Labute approximate surface area is 169 Å². The number of carbonyl (C=O) groups is 3. The number of aromatic nitrogens is 1. The molecule has 152 valence electrons. The highest BCUT2D eigenvalue weighted by atomic mass is 16.5. The van der Waals surface area contributed by atoms with Gasteiger partial charge in [0.1, 0.15) is 11.4 Å². The van der Waals surface area contributed by atoms with Crippen molar-refractivity contribution < 1.29 is 19.1 Å². The number of esters is 1. The van der Waals surface area contributed by atoms with Crippen molar-refractivity contribution in [2.75, 3.05) is 45.2 Å². The van der Waals surface area contributed by atoms with E-state index < -0.39 is 11.9 Å². The molecule has 0 radical (unpaired) electrons. The molecule has 1 aromatic heterocycles. The zero-order valence-electron chi connectivity index (χ0n) is 16.6. The van der Waals surface area contributed by atoms with Crippen LogP contribution < -0.4 is 5.32 Å². The van der Waals surface area contributed by atoms with Crippen LogP contribution in [-0.4, -0.2) is 72.4 Å². The number of methoxy groups -OCH3 is 1. The molecule has 1 aliphatic heterocycles. The fourth-order valence-electron chi connectivity index (χ4n) is 3.15. The van der Waals surface area contributed by atoms with Gasteiger partial charge in [0.25, 0.3) is 11.8 Å². The summed E-state index contributed by atoms with van der Waals surface area (Å²) in [4.78, 5) is 45.2. The molecule has 1 fully saturated rings. The van der Waals surface area contributed by atoms with Gasteiger partial charge in [-0.25, -0.2) is 9.78 Å². The number of nitrogens with zero attached hydrogens (tertiary/aromatic N) is 3. The van der Waals surface area contributed by atoms with Crippen LogP contribution in [0.3, 0.4) is 0 Å². The Balaban J connectivity index is 1.70. The molecule has 2 heterocycles. The van der Waals surface area contributed by atoms with Gasteiger partial charge in [0.05, 0.1) is 12.7 Å². The Bertz CT molecular complexity index is 907. The third-order valence-electron chi connectivity index (χ3n) is 4.85. The second-order valence-electron chi connectivity index (χ2n) is 6.66. The zero-order valence-corrected chi connectivity index (χ0v) is 16.6. The number of amides is 2. The van der Waals surface area contributed by atoms with Crippen LogP contribution >= 0.6 is 0 Å². The SMILES string of the molecule is CCN1CCN(C(=O)c2cccc(C(=O)Nc3cccc(C(=O)OC)c3)n2)CC1. The van der Waals surface area contributed by atoms with Crippen LogP contribution in [0.1, 0.15) is 38.3 Å². The predicted molar refractivity (Wildman–Crippen MR) is 108 cm³/mol. The Morgan fingerprint density at radius 2 is 1.72 bits per heavy atom. The maximum Gasteiger partial charge on any atom is 0.337 e. The molecular weight excluding hydrogens is 372 g/mol. The van der Waals surface area contributed by atoms with Crippen molar-refractivity contribution in [3.8, 4) is 0 Å². The van der Waals surface area contributed by atoms with Crippen LogP contribution in [0.25, 0.3) is 0 Å². The first kappa shape index (κ1) is 20.5. The number of benzene rings is 1. The number of pyridine rings is 1. The molecule has 8 heteroatoms. The molecule has 0 atom stereocenters. The minimum absolute atomic E-state index is 0.131. The van der Waals surface area contributed by atoms with Crippen molar-refractivity contribution >= 4 is 23.5 Å². The number of ether oxygens (including phenoxy) is 1. The summed E-state index contributed by atoms with van der Waals surface area (Å²) in [6.07, 6.45) is 0. The summed E-state index contributed by atoms with van der Waals surface area (Å²) in [5, 5.41) is 2.70. The first-order valence-corrected chi connectivity index (χ1v) is 9.50. The molecule has 0 saturated carbocycles. The van der Waals surface area contributed by atoms with Crippen LogP contribution in [0.4, 0.5) is 5.69 Å². The molecule has 0 bridgehead atoms. The van der Waals surface area contributed by atoms with Gasteiger partial charge < -0.3 is 19.9 Å². The number of hydrogen-bond acceptors (Lipinski definition) is 6. The van der Waals surface area contributed by atoms with E-state index in [9.17, 15) is 14.4 Å². The third kappa shape index (κ3) is 4.97. The lowest BCUT2D eigenvalue weighted by molar-refractivity contribution is 0.0599. The van der Waals surface area contributed by atoms with Crippen molar-refractivity contribution in [1.29, 1.82) is 0 Å². The maximum absolute atomic E-state index is 12.7. The second kappa shape index (κ2) is 9.29. The molecular formula is C21H24N4O4. The van der Waals surface area contributed by atoms with E-state index in [4.69, 9.17) is 0 Å². The summed E-state index contributed by atoms with van der Waals surface area (Å²) >= 11 is 0. The van der Waals surface area contributed by atoms with E-state index in [0.29, 0.717) is 24.3 Å². The number of hydrogen-bond donors (Lipinski definition) is 1. The van der Waals surface area contributed by atoms with Crippen LogP contribution in [-0.2, 0) is 4.74 Å². The summed E-state index contributed by atoms with van der Waals surface area (Å²) < 4.78 is 4.69. The van der Waals surface area contributed by atoms with Gasteiger partial charge in [-0.05, 0) is 36.9 Å². The van der Waals surface area contributed by atoms with Crippen LogP contribution in [0.2, 0.25) is 0 Å². The topological polar surface area (TPSA) is 91.8 Å². The van der Waals surface area contributed by atoms with Crippen molar-refractivity contribution in [2.45, 2.75) is 6.92 Å². The molecule has 3 rings (SSSR count). The van der Waals surface area contributed by atoms with E-state index in [2.05, 4.69) is 26.9 Å². The van der Waals surface area contributed by atoms with Gasteiger partial charge in [0.2, 0.25) is 0 Å². The zero-order chi connectivity index (χ0) is 20.8. The molecule has 0 aliphatic carbocycles. The molecule has 1 saturated heterocycles. The number of nitrogens with one attached hydrogen (secondary N) is 1. The molecule has 1 aliphatic rings. The molecule has 1 N–H and O–H groups in total. The average molecular weight is 396 g/mol. The van der Waals surface area contributed by atoms with Gasteiger partial charge in [0.15, 0.2) is 0 Å². The number of carbonyl (C=O) groups excluding carboxylic acids is 3. The Kier molecular flexibility index (Phi) is 6.56. The molecule has 0 spiro atoms. The largest absolute Gasteiger partial charge is 0.465 e. The maximum atomic E-state index is 12.7. The summed E-state index contributed by atoms with van der Waals surface area (Å²) in [5.41, 5.74) is 1.14. The Hall–Kier alpha value is -3.26. The number of likely N-dealkylation sites (N-methyl/N-ethyl adjacent to an activating group) is 1. The van der Waals surface area contributed by atoms with Crippen molar-refractivity contribution in [1.82, 2.24) is 14.8 Å². The number of rotatable bonds is 5. The Morgan fingerprint density at radius 1 is 1.03 bits per heavy atom. The number of piperazine rings is 1. The van der Waals surface area contributed by atoms with Gasteiger partial charge in [0, 0.05) is 31.9 Å². The lowest BCUT2D eigenvalue weighted by Crippen LogP contribution is -2.48. The molecule has 2 aromatic rings. The number of anilines is 1. The van der Waals surface area contributed by atoms with E-state index in [1.54, 1.807) is 41.3 Å². The normalized spacial score (nSPS) is 14.3. The predicted octanol–water partition coefficient (Wildman–Crippen LogP) is 1.90. The quantitative estimate of drug-likeness (QED) is 0.776. The van der Waals surface area contributed by atoms with E-state index in [0.717, 1.165) is 19.6 Å². The summed E-state index contributed by atoms with van der Waals surface area (Å²) in [7, 11) is 1.29. The van der Waals surface area contributed by atoms with E-state index in [-0.39, 0.29) is 17.3 Å². The highest BCUT2D eigenvalue weighted by molar-refractivity contribution is 6.04. The van der Waals surface area contributed by atoms with Crippen molar-refractivity contribution in [3.63, 3.8) is 0 Å². The fraction of sp³-hybridized carbons (Fsp3) is 0.333. The standard InChI is InChI=1S/C21H24N4O4/c1-3-24-10-12-25(13-11-24)20(27)18-9-5-8-17(23-18)19(26)22-16-7-4-6-15(14-16)21(28)29-2/h4-9,14H,3,10-13H2,1-2H3,(H,22,26). The van der Waals surface area contributed by atoms with Crippen LogP contribution in [0, 0.1) is 0 Å². The molecule has 8 nitrogen and oxygen atoms in total. The van der Waals surface area contributed by atoms with E-state index >= 15 is 0 Å². The average Bonchev–Trinajstić information content (AvgIpc) is 2.78. The lowest BCUT2D eigenvalue weighted by Gasteiger charge is -2.33. The first-order valence-electron chi connectivity index (χ1n) is 9.50. The molecule has 2 amide bonds. The van der Waals surface area contributed by atoms with E-state index in [1.807, 2.05) is 0 Å². The van der Waals surface area contributed by atoms with Crippen LogP contribution in [0.5, 0.6) is 0 Å². The lowest BCUT2D eigenvalue weighted by atomic mass is 10.2. The van der Waals surface area contributed by atoms with Gasteiger partial charge in [-0.3, -0.25) is 9.59 Å². The van der Waals surface area contributed by atoms with Crippen molar-refractivity contribution in [3.05, 3.63) is 59.4 Å². The van der Waals surface area contributed by atoms with E-state index in [1.165, 1.54) is 13.2 Å². The first-order chi connectivity index (χ1) is 14.0. The molecule has 29 heavy (non-hydrogen) atoms. The van der Waals surface area contributed by atoms with Gasteiger partial charge in [-0.15, -0.1) is 0 Å². The van der Waals surface area contributed by atoms with Crippen LogP contribution in [0.15, 0.2) is 42.5 Å². The van der Waals surface area contributed by atoms with Gasteiger partial charge >= 0.3 is 5.97 Å². The molecule has 0 unspecified atom stereocenters. The highest BCUT2D eigenvalue weighted by Crippen LogP contribution is 2.14. The fourth-order valence-corrected chi connectivity index (χ4v) is 3.15. The summed E-state index contributed by atoms with van der Waals surface area (Å²) in [6, 6.07) is 11.2. The summed E-state index contributed by atoms with van der Waals surface area (Å²) in [6.45, 7) is 6.02. The second-order valence-corrected chi connectivity index (χ2v) is 6.66. The minimum atomic E-state index is -0.491. The smallest absolute Gasteiger partial charge is 0.337 e. The monoisotopic (exact) mass is 396 g/mol. The highest BCUT2D eigenvalue weighted by Gasteiger charge is 2.23. The molecule has 1 aromatic carbocycles. The van der Waals surface area contributed by atoms with Gasteiger partial charge in [-0.2, -0.15) is 0 Å². The summed E-state index contributed by atoms with van der Waals surface area (Å²) in [5.74, 6) is -1.13. The third-order valence-corrected chi connectivity index (χ3v) is 4.85. The van der Waals surface area contributed by atoms with Gasteiger partial charge in [-0.1, -0.05) is 19.1 Å². The Morgan fingerprint density at radius 3 is 2.41 bits per heavy atom. The minimum Gasteiger partial charge on any atom is -0.465 e. The van der Waals surface area contributed by atoms with Crippen molar-refractivity contribution in [2.24, 2.45) is 0 Å².